The van der Waals surface area contributed by atoms with Crippen LogP contribution in [0, 0.1) is 0 Å². The molecule has 0 aliphatic carbocycles. The SMILES string of the molecule is COc1ccc(OC)c(NC(=O)c2ccc(C(C)=O)[nH]2)c1. The topological polar surface area (TPSA) is 80.4 Å². The van der Waals surface area contributed by atoms with Gasteiger partial charge in [0, 0.05) is 13.0 Å². The summed E-state index contributed by atoms with van der Waals surface area (Å²) in [4.78, 5) is 26.2. The highest BCUT2D eigenvalue weighted by Crippen LogP contribution is 2.29. The second-order valence-electron chi connectivity index (χ2n) is 4.36. The van der Waals surface area contributed by atoms with Crippen LogP contribution < -0.4 is 14.8 Å². The fourth-order valence-corrected chi connectivity index (χ4v) is 1.83. The van der Waals surface area contributed by atoms with Crippen LogP contribution in [-0.2, 0) is 0 Å². The van der Waals surface area contributed by atoms with Crippen molar-refractivity contribution >= 4 is 17.4 Å². The van der Waals surface area contributed by atoms with Gasteiger partial charge >= 0.3 is 0 Å². The molecule has 2 rings (SSSR count). The minimum atomic E-state index is -0.367. The summed E-state index contributed by atoms with van der Waals surface area (Å²) >= 11 is 0. The molecule has 0 aliphatic rings. The number of ketones is 1. The predicted octanol–water partition coefficient (Wildman–Crippen LogP) is 2.49. The standard InChI is InChI=1S/C15H16N2O4/c1-9(18)11-5-6-12(16-11)15(19)17-13-8-10(20-2)4-7-14(13)21-3/h4-8,16H,1-3H3,(H,17,19). The molecule has 0 radical (unpaired) electrons. The molecule has 0 unspecified atom stereocenters. The average Bonchev–Trinajstić information content (AvgIpc) is 2.97. The zero-order chi connectivity index (χ0) is 15.4. The van der Waals surface area contributed by atoms with Crippen LogP contribution >= 0.6 is 0 Å². The second-order valence-corrected chi connectivity index (χ2v) is 4.36. The van der Waals surface area contributed by atoms with Crippen LogP contribution in [0.3, 0.4) is 0 Å². The summed E-state index contributed by atoms with van der Waals surface area (Å²) in [7, 11) is 3.05. The first kappa shape index (κ1) is 14.6. The molecule has 1 amide bonds. The van der Waals surface area contributed by atoms with Crippen molar-refractivity contribution < 1.29 is 19.1 Å². The highest BCUT2D eigenvalue weighted by Gasteiger charge is 2.13. The van der Waals surface area contributed by atoms with Gasteiger partial charge in [-0.05, 0) is 24.3 Å². The summed E-state index contributed by atoms with van der Waals surface area (Å²) in [5, 5.41) is 2.72. The number of aromatic nitrogens is 1. The Hall–Kier alpha value is -2.76. The predicted molar refractivity (Wildman–Crippen MR) is 78.3 cm³/mol. The zero-order valence-corrected chi connectivity index (χ0v) is 12.0. The Balaban J connectivity index is 2.23. The maximum atomic E-state index is 12.2. The van der Waals surface area contributed by atoms with Gasteiger partial charge in [0.1, 0.15) is 17.2 Å². The number of methoxy groups -OCH3 is 2. The van der Waals surface area contributed by atoms with Gasteiger partial charge in [-0.25, -0.2) is 0 Å². The van der Waals surface area contributed by atoms with Gasteiger partial charge in [-0.1, -0.05) is 0 Å². The van der Waals surface area contributed by atoms with Gasteiger partial charge in [0.15, 0.2) is 5.78 Å². The molecule has 0 atom stereocenters. The number of anilines is 1. The summed E-state index contributed by atoms with van der Waals surface area (Å²) in [6, 6.07) is 8.21. The van der Waals surface area contributed by atoms with Crippen molar-refractivity contribution in [1.29, 1.82) is 0 Å². The van der Waals surface area contributed by atoms with Gasteiger partial charge in [0.25, 0.3) is 5.91 Å². The number of hydrogen-bond donors (Lipinski definition) is 2. The number of carbonyl (C=O) groups is 2. The summed E-state index contributed by atoms with van der Waals surface area (Å²) in [5.41, 5.74) is 1.17. The van der Waals surface area contributed by atoms with Crippen molar-refractivity contribution in [3.8, 4) is 11.5 Å². The minimum absolute atomic E-state index is 0.131. The smallest absolute Gasteiger partial charge is 0.272 e. The molecule has 6 nitrogen and oxygen atoms in total. The normalized spacial score (nSPS) is 10.0. The Labute approximate surface area is 122 Å². The van der Waals surface area contributed by atoms with Crippen LogP contribution in [0.1, 0.15) is 27.9 Å². The molecule has 1 aromatic carbocycles. The number of amides is 1. The summed E-state index contributed by atoms with van der Waals surface area (Å²) < 4.78 is 10.3. The number of rotatable bonds is 5. The first-order valence-corrected chi connectivity index (χ1v) is 6.28. The lowest BCUT2D eigenvalue weighted by Gasteiger charge is -2.11. The van der Waals surface area contributed by atoms with Crippen molar-refractivity contribution in [3.63, 3.8) is 0 Å². The number of nitrogens with one attached hydrogen (secondary N) is 2. The molecule has 2 aromatic rings. The quantitative estimate of drug-likeness (QED) is 0.828. The Kier molecular flexibility index (Phi) is 4.27. The lowest BCUT2D eigenvalue weighted by Crippen LogP contribution is -2.13. The van der Waals surface area contributed by atoms with Crippen molar-refractivity contribution in [2.24, 2.45) is 0 Å². The third kappa shape index (κ3) is 3.22. The zero-order valence-electron chi connectivity index (χ0n) is 12.0. The van der Waals surface area contributed by atoms with E-state index in [1.165, 1.54) is 21.1 Å². The third-order valence-corrected chi connectivity index (χ3v) is 2.96. The first-order valence-electron chi connectivity index (χ1n) is 6.28. The molecule has 0 bridgehead atoms. The van der Waals surface area contributed by atoms with Crippen LogP contribution in [0.15, 0.2) is 30.3 Å². The first-order chi connectivity index (χ1) is 10.0. The van der Waals surface area contributed by atoms with Gasteiger partial charge in [-0.2, -0.15) is 0 Å². The molecule has 1 heterocycles. The Morgan fingerprint density at radius 3 is 2.33 bits per heavy atom. The van der Waals surface area contributed by atoms with Gasteiger partial charge in [0.2, 0.25) is 0 Å². The lowest BCUT2D eigenvalue weighted by molar-refractivity contribution is 0.101. The van der Waals surface area contributed by atoms with E-state index in [0.717, 1.165) is 0 Å². The second kappa shape index (κ2) is 6.13. The van der Waals surface area contributed by atoms with Crippen LogP contribution in [-0.4, -0.2) is 30.9 Å². The third-order valence-electron chi connectivity index (χ3n) is 2.96. The minimum Gasteiger partial charge on any atom is -0.497 e. The van der Waals surface area contributed by atoms with Crippen LogP contribution in [0.25, 0.3) is 0 Å². The molecule has 0 spiro atoms. The van der Waals surface area contributed by atoms with Gasteiger partial charge in [0.05, 0.1) is 25.6 Å². The molecular formula is C15H16N2O4. The van der Waals surface area contributed by atoms with Crippen LogP contribution in [0.2, 0.25) is 0 Å². The van der Waals surface area contributed by atoms with Crippen molar-refractivity contribution in [3.05, 3.63) is 41.7 Å². The fourth-order valence-electron chi connectivity index (χ4n) is 1.83. The maximum Gasteiger partial charge on any atom is 0.272 e. The van der Waals surface area contributed by atoms with E-state index in [0.29, 0.717) is 28.6 Å². The van der Waals surface area contributed by atoms with E-state index in [1.54, 1.807) is 30.3 Å². The molecule has 21 heavy (non-hydrogen) atoms. The number of H-pyrrole nitrogens is 1. The van der Waals surface area contributed by atoms with Crippen LogP contribution in [0.4, 0.5) is 5.69 Å². The highest BCUT2D eigenvalue weighted by molar-refractivity contribution is 6.05. The average molecular weight is 288 g/mol. The number of aromatic amines is 1. The molecule has 2 N–H and O–H groups in total. The van der Waals surface area contributed by atoms with E-state index >= 15 is 0 Å². The van der Waals surface area contributed by atoms with E-state index in [9.17, 15) is 9.59 Å². The highest BCUT2D eigenvalue weighted by atomic mass is 16.5. The number of benzene rings is 1. The molecule has 0 saturated carbocycles. The van der Waals surface area contributed by atoms with E-state index < -0.39 is 0 Å². The molecule has 6 heteroatoms. The molecule has 0 saturated heterocycles. The van der Waals surface area contributed by atoms with Gasteiger partial charge in [-0.15, -0.1) is 0 Å². The molecule has 0 fully saturated rings. The molecule has 0 aliphatic heterocycles. The van der Waals surface area contributed by atoms with Crippen LogP contribution in [0.5, 0.6) is 11.5 Å². The Bertz CT molecular complexity index is 676. The summed E-state index contributed by atoms with van der Waals surface area (Å²) in [6.45, 7) is 1.43. The largest absolute Gasteiger partial charge is 0.497 e. The van der Waals surface area contributed by atoms with Crippen molar-refractivity contribution in [2.75, 3.05) is 19.5 Å². The van der Waals surface area contributed by atoms with Gasteiger partial charge < -0.3 is 19.8 Å². The van der Waals surface area contributed by atoms with Gasteiger partial charge in [-0.3, -0.25) is 9.59 Å². The number of carbonyl (C=O) groups excluding carboxylic acids is 2. The van der Waals surface area contributed by atoms with Crippen molar-refractivity contribution in [1.82, 2.24) is 4.98 Å². The summed E-state index contributed by atoms with van der Waals surface area (Å²) in [5.74, 6) is 0.617. The van der Waals surface area contributed by atoms with E-state index in [-0.39, 0.29) is 11.7 Å². The van der Waals surface area contributed by atoms with E-state index in [4.69, 9.17) is 9.47 Å². The number of Topliss-reactive ketones (excluding diaryl/α,β-unsaturated/α-hetero) is 1. The number of ether oxygens (including phenoxy) is 2. The monoisotopic (exact) mass is 288 g/mol. The molecule has 1 aromatic heterocycles. The van der Waals surface area contributed by atoms with Crippen molar-refractivity contribution in [2.45, 2.75) is 6.92 Å². The molecular weight excluding hydrogens is 272 g/mol. The maximum absolute atomic E-state index is 12.2. The van der Waals surface area contributed by atoms with E-state index in [2.05, 4.69) is 10.3 Å². The summed E-state index contributed by atoms with van der Waals surface area (Å²) in [6.07, 6.45) is 0. The Morgan fingerprint density at radius 1 is 1.05 bits per heavy atom. The molecule has 110 valence electrons. The van der Waals surface area contributed by atoms with E-state index in [1.807, 2.05) is 0 Å². The fraction of sp³-hybridized carbons (Fsp3) is 0.200. The Morgan fingerprint density at radius 2 is 1.76 bits per heavy atom. The lowest BCUT2D eigenvalue weighted by atomic mass is 10.2. The number of hydrogen-bond acceptors (Lipinski definition) is 4.